The molecule has 12 heavy (non-hydrogen) atoms. The zero-order valence-corrected chi connectivity index (χ0v) is 8.00. The molecule has 0 aromatic heterocycles. The van der Waals surface area contributed by atoms with Gasteiger partial charge in [-0.2, -0.15) is 0 Å². The van der Waals surface area contributed by atoms with Crippen LogP contribution >= 0.6 is 15.9 Å². The maximum Gasteiger partial charge on any atom is 0.151 e. The molecular formula is C9H8BrO2. The van der Waals surface area contributed by atoms with Crippen LogP contribution in [0.2, 0.25) is 0 Å². The predicted octanol–water partition coefficient (Wildman–Crippen LogP) is 2.47. The zero-order valence-electron chi connectivity index (χ0n) is 6.42. The Hall–Kier alpha value is -0.830. The van der Waals surface area contributed by atoms with Crippen molar-refractivity contribution in [2.45, 2.75) is 0 Å². The number of carbonyl (C=O) groups excluding carboxylic acids is 1. The average Bonchev–Trinajstić information content (AvgIpc) is 2.09. The van der Waals surface area contributed by atoms with Crippen molar-refractivity contribution in [3.63, 3.8) is 0 Å². The van der Waals surface area contributed by atoms with Gasteiger partial charge in [-0.3, -0.25) is 4.79 Å². The van der Waals surface area contributed by atoms with Gasteiger partial charge in [0.1, 0.15) is 5.75 Å². The smallest absolute Gasteiger partial charge is 0.151 e. The molecule has 0 spiro atoms. The topological polar surface area (TPSA) is 26.3 Å². The van der Waals surface area contributed by atoms with Gasteiger partial charge in [-0.25, -0.2) is 0 Å². The Kier molecular flexibility index (Phi) is 3.29. The molecule has 0 saturated carbocycles. The monoisotopic (exact) mass is 227 g/mol. The molecule has 0 fully saturated rings. The second-order valence-electron chi connectivity index (χ2n) is 2.15. The molecule has 0 atom stereocenters. The van der Waals surface area contributed by atoms with Gasteiger partial charge in [0.25, 0.3) is 0 Å². The highest BCUT2D eigenvalue weighted by molar-refractivity contribution is 9.10. The van der Waals surface area contributed by atoms with Crippen LogP contribution in [0.4, 0.5) is 0 Å². The van der Waals surface area contributed by atoms with Crippen LogP contribution in [0.25, 0.3) is 0 Å². The molecule has 0 bridgehead atoms. The molecule has 1 aromatic carbocycles. The molecule has 0 amide bonds. The lowest BCUT2D eigenvalue weighted by Gasteiger charge is -2.03. The minimum atomic E-state index is 0.361. The summed E-state index contributed by atoms with van der Waals surface area (Å²) in [6, 6.07) is 5.22. The number of hydrogen-bond donors (Lipinski definition) is 0. The van der Waals surface area contributed by atoms with E-state index in [4.69, 9.17) is 4.74 Å². The van der Waals surface area contributed by atoms with Gasteiger partial charge in [0.2, 0.25) is 0 Å². The number of halogens is 1. The van der Waals surface area contributed by atoms with E-state index >= 15 is 0 Å². The molecule has 0 heterocycles. The van der Waals surface area contributed by atoms with Gasteiger partial charge in [0.05, 0.1) is 6.61 Å². The van der Waals surface area contributed by atoms with Gasteiger partial charge in [0.15, 0.2) is 6.29 Å². The number of carbonyl (C=O) groups is 1. The molecule has 0 aliphatic heterocycles. The van der Waals surface area contributed by atoms with E-state index in [1.54, 1.807) is 18.2 Å². The first kappa shape index (κ1) is 9.26. The van der Waals surface area contributed by atoms with E-state index in [2.05, 4.69) is 22.9 Å². The Morgan fingerprint density at radius 2 is 2.33 bits per heavy atom. The fraction of sp³-hybridized carbons (Fsp3) is 0.111. The summed E-state index contributed by atoms with van der Waals surface area (Å²) in [6.45, 7) is 3.90. The third-order valence-electron chi connectivity index (χ3n) is 1.36. The third kappa shape index (κ3) is 2.08. The molecule has 0 unspecified atom stereocenters. The van der Waals surface area contributed by atoms with Crippen LogP contribution in [0.3, 0.4) is 0 Å². The Balaban J connectivity index is 2.96. The molecule has 1 aromatic rings. The molecule has 0 aliphatic rings. The number of ether oxygens (including phenoxy) is 1. The van der Waals surface area contributed by atoms with Gasteiger partial charge in [-0.1, -0.05) is 15.9 Å². The summed E-state index contributed by atoms with van der Waals surface area (Å²) in [4.78, 5) is 10.5. The normalized spacial score (nSPS) is 9.50. The highest BCUT2D eigenvalue weighted by atomic mass is 79.9. The second kappa shape index (κ2) is 4.26. The average molecular weight is 228 g/mol. The number of benzene rings is 1. The van der Waals surface area contributed by atoms with Gasteiger partial charge < -0.3 is 4.74 Å². The Bertz CT molecular complexity index is 284. The summed E-state index contributed by atoms with van der Waals surface area (Å²) >= 11 is 3.24. The van der Waals surface area contributed by atoms with Gasteiger partial charge in [-0.05, 0) is 25.1 Å². The van der Waals surface area contributed by atoms with Crippen molar-refractivity contribution in [3.8, 4) is 5.75 Å². The third-order valence-corrected chi connectivity index (χ3v) is 2.09. The van der Waals surface area contributed by atoms with E-state index in [1.165, 1.54) is 0 Å². The molecule has 63 valence electrons. The minimum Gasteiger partial charge on any atom is -0.494 e. The predicted molar refractivity (Wildman–Crippen MR) is 50.4 cm³/mol. The van der Waals surface area contributed by atoms with Crippen molar-refractivity contribution in [2.75, 3.05) is 6.61 Å². The van der Waals surface area contributed by atoms with Crippen molar-refractivity contribution < 1.29 is 9.53 Å². The van der Waals surface area contributed by atoms with E-state index in [1.807, 2.05) is 0 Å². The maximum absolute atomic E-state index is 10.5. The highest BCUT2D eigenvalue weighted by Crippen LogP contribution is 2.20. The lowest BCUT2D eigenvalue weighted by atomic mass is 10.2. The maximum atomic E-state index is 10.5. The largest absolute Gasteiger partial charge is 0.494 e. The van der Waals surface area contributed by atoms with Crippen LogP contribution in [0.5, 0.6) is 5.75 Å². The molecule has 2 nitrogen and oxygen atoms in total. The van der Waals surface area contributed by atoms with Gasteiger partial charge >= 0.3 is 0 Å². The number of hydrogen-bond acceptors (Lipinski definition) is 2. The summed E-state index contributed by atoms with van der Waals surface area (Å²) in [5.74, 6) is 0.662. The molecular weight excluding hydrogens is 220 g/mol. The summed E-state index contributed by atoms with van der Waals surface area (Å²) < 4.78 is 5.88. The van der Waals surface area contributed by atoms with Crippen molar-refractivity contribution >= 4 is 22.2 Å². The summed E-state index contributed by atoms with van der Waals surface area (Å²) in [7, 11) is 0. The van der Waals surface area contributed by atoms with Crippen LogP contribution in [0.15, 0.2) is 22.7 Å². The molecule has 1 radical (unpaired) electrons. The first-order chi connectivity index (χ1) is 5.77. The van der Waals surface area contributed by atoms with Crippen LogP contribution in [-0.2, 0) is 0 Å². The first-order valence-corrected chi connectivity index (χ1v) is 4.24. The van der Waals surface area contributed by atoms with Crippen molar-refractivity contribution in [2.24, 2.45) is 0 Å². The summed E-state index contributed by atoms with van der Waals surface area (Å²) in [6.07, 6.45) is 0.778. The van der Waals surface area contributed by atoms with Gasteiger partial charge in [0, 0.05) is 10.0 Å². The summed E-state index contributed by atoms with van der Waals surface area (Å²) in [5.41, 5.74) is 0.584. The Morgan fingerprint density at radius 3 is 2.92 bits per heavy atom. The molecule has 0 saturated heterocycles. The van der Waals surface area contributed by atoms with Gasteiger partial charge in [-0.15, -0.1) is 0 Å². The van der Waals surface area contributed by atoms with E-state index < -0.39 is 0 Å². The fourth-order valence-corrected chi connectivity index (χ4v) is 1.16. The van der Waals surface area contributed by atoms with Crippen LogP contribution in [-0.4, -0.2) is 12.9 Å². The lowest BCUT2D eigenvalue weighted by Crippen LogP contribution is -1.92. The highest BCUT2D eigenvalue weighted by Gasteiger charge is 1.99. The zero-order chi connectivity index (χ0) is 8.97. The molecule has 0 N–H and O–H groups in total. The SMILES string of the molecule is [CH2]COc1ccc(Br)c(C=O)c1. The van der Waals surface area contributed by atoms with Crippen LogP contribution in [0, 0.1) is 6.92 Å². The number of rotatable bonds is 3. The summed E-state index contributed by atoms with van der Waals surface area (Å²) in [5, 5.41) is 0. The molecule has 3 heteroatoms. The van der Waals surface area contributed by atoms with E-state index in [-0.39, 0.29) is 0 Å². The quantitative estimate of drug-likeness (QED) is 0.743. The van der Waals surface area contributed by atoms with Crippen molar-refractivity contribution in [1.29, 1.82) is 0 Å². The van der Waals surface area contributed by atoms with Crippen LogP contribution in [0.1, 0.15) is 10.4 Å². The molecule has 1 rings (SSSR count). The lowest BCUT2D eigenvalue weighted by molar-refractivity contribution is 0.112. The molecule has 0 aliphatic carbocycles. The van der Waals surface area contributed by atoms with Crippen LogP contribution < -0.4 is 4.74 Å². The minimum absolute atomic E-state index is 0.361. The number of aldehydes is 1. The Labute approximate surface area is 79.7 Å². The fourth-order valence-electron chi connectivity index (χ4n) is 0.820. The van der Waals surface area contributed by atoms with E-state index in [9.17, 15) is 4.79 Å². The first-order valence-electron chi connectivity index (χ1n) is 3.44. The van der Waals surface area contributed by atoms with E-state index in [0.29, 0.717) is 17.9 Å². The second-order valence-corrected chi connectivity index (χ2v) is 3.00. The van der Waals surface area contributed by atoms with Crippen molar-refractivity contribution in [1.82, 2.24) is 0 Å². The van der Waals surface area contributed by atoms with Crippen molar-refractivity contribution in [3.05, 3.63) is 35.2 Å². The standard InChI is InChI=1S/C9H8BrO2/c1-2-12-8-3-4-9(10)7(5-8)6-11/h3-6H,1-2H2. The van der Waals surface area contributed by atoms with E-state index in [0.717, 1.165) is 10.8 Å². The Morgan fingerprint density at radius 1 is 1.58 bits per heavy atom.